The molecule has 0 spiro atoms. The molecule has 2 rings (SSSR count). The first-order chi connectivity index (χ1) is 9.19. The average Bonchev–Trinajstić information content (AvgIpc) is 2.90. The molecule has 1 heterocycles. The number of phenols is 1. The summed E-state index contributed by atoms with van der Waals surface area (Å²) in [7, 11) is 1.58. The fourth-order valence-corrected chi connectivity index (χ4v) is 1.88. The Hall–Kier alpha value is -2.01. The summed E-state index contributed by atoms with van der Waals surface area (Å²) in [5, 5.41) is 13.2. The SMILES string of the molecule is COc1ccc(CNC(C)Cn2ccnc2)c(O)c1. The number of ether oxygens (including phenoxy) is 1. The molecule has 5 nitrogen and oxygen atoms in total. The Morgan fingerprint density at radius 2 is 2.32 bits per heavy atom. The lowest BCUT2D eigenvalue weighted by atomic mass is 10.2. The number of aromatic nitrogens is 2. The third-order valence-corrected chi connectivity index (χ3v) is 2.98. The highest BCUT2D eigenvalue weighted by molar-refractivity contribution is 5.39. The van der Waals surface area contributed by atoms with Gasteiger partial charge in [0.15, 0.2) is 0 Å². The van der Waals surface area contributed by atoms with Crippen molar-refractivity contribution in [3.8, 4) is 11.5 Å². The van der Waals surface area contributed by atoms with Crippen LogP contribution in [0.25, 0.3) is 0 Å². The molecule has 0 aliphatic rings. The van der Waals surface area contributed by atoms with Crippen molar-refractivity contribution in [1.82, 2.24) is 14.9 Å². The number of phenolic OH excluding ortho intramolecular Hbond substituents is 1. The first-order valence-electron chi connectivity index (χ1n) is 6.24. The minimum Gasteiger partial charge on any atom is -0.507 e. The van der Waals surface area contributed by atoms with Gasteiger partial charge >= 0.3 is 0 Å². The lowest BCUT2D eigenvalue weighted by Crippen LogP contribution is -2.29. The van der Waals surface area contributed by atoms with Gasteiger partial charge in [-0.05, 0) is 13.0 Å². The minimum absolute atomic E-state index is 0.252. The number of methoxy groups -OCH3 is 1. The van der Waals surface area contributed by atoms with Gasteiger partial charge in [-0.15, -0.1) is 0 Å². The maximum Gasteiger partial charge on any atom is 0.123 e. The Labute approximate surface area is 112 Å². The van der Waals surface area contributed by atoms with Crippen LogP contribution >= 0.6 is 0 Å². The number of hydrogen-bond acceptors (Lipinski definition) is 4. The van der Waals surface area contributed by atoms with Gasteiger partial charge in [0.05, 0.1) is 13.4 Å². The van der Waals surface area contributed by atoms with Crippen molar-refractivity contribution in [2.45, 2.75) is 26.1 Å². The van der Waals surface area contributed by atoms with Crippen molar-refractivity contribution in [3.63, 3.8) is 0 Å². The third kappa shape index (κ3) is 3.72. The molecular formula is C14H19N3O2. The quantitative estimate of drug-likeness (QED) is 0.832. The van der Waals surface area contributed by atoms with Gasteiger partial charge in [-0.25, -0.2) is 4.98 Å². The van der Waals surface area contributed by atoms with Crippen LogP contribution in [0.15, 0.2) is 36.9 Å². The van der Waals surface area contributed by atoms with Crippen LogP contribution in [-0.4, -0.2) is 27.8 Å². The monoisotopic (exact) mass is 261 g/mol. The molecule has 1 unspecified atom stereocenters. The van der Waals surface area contributed by atoms with Gasteiger partial charge in [0.25, 0.3) is 0 Å². The number of benzene rings is 1. The smallest absolute Gasteiger partial charge is 0.123 e. The third-order valence-electron chi connectivity index (χ3n) is 2.98. The normalized spacial score (nSPS) is 12.3. The molecule has 19 heavy (non-hydrogen) atoms. The van der Waals surface area contributed by atoms with Crippen molar-refractivity contribution in [3.05, 3.63) is 42.5 Å². The summed E-state index contributed by atoms with van der Waals surface area (Å²) in [6, 6.07) is 5.62. The van der Waals surface area contributed by atoms with Crippen LogP contribution < -0.4 is 10.1 Å². The van der Waals surface area contributed by atoms with E-state index in [-0.39, 0.29) is 11.8 Å². The second-order valence-electron chi connectivity index (χ2n) is 4.54. The van der Waals surface area contributed by atoms with E-state index in [1.165, 1.54) is 0 Å². The molecule has 2 aromatic rings. The van der Waals surface area contributed by atoms with E-state index in [1.807, 2.05) is 22.9 Å². The molecule has 0 saturated carbocycles. The number of imidazole rings is 1. The van der Waals surface area contributed by atoms with Gasteiger partial charge in [0.1, 0.15) is 11.5 Å². The molecule has 5 heteroatoms. The summed E-state index contributed by atoms with van der Waals surface area (Å²) >= 11 is 0. The molecule has 0 aliphatic carbocycles. The van der Waals surface area contributed by atoms with Crippen molar-refractivity contribution < 1.29 is 9.84 Å². The zero-order valence-corrected chi connectivity index (χ0v) is 11.2. The van der Waals surface area contributed by atoms with E-state index in [4.69, 9.17) is 4.74 Å². The summed E-state index contributed by atoms with van der Waals surface area (Å²) in [5.41, 5.74) is 0.860. The fraction of sp³-hybridized carbons (Fsp3) is 0.357. The first kappa shape index (κ1) is 13.4. The summed E-state index contributed by atoms with van der Waals surface area (Å²) in [6.45, 7) is 3.56. The van der Waals surface area contributed by atoms with E-state index in [9.17, 15) is 5.11 Å². The van der Waals surface area contributed by atoms with Crippen molar-refractivity contribution in [2.24, 2.45) is 0 Å². The van der Waals surface area contributed by atoms with Gasteiger partial charge in [-0.3, -0.25) is 0 Å². The molecule has 1 atom stereocenters. The number of aromatic hydroxyl groups is 1. The largest absolute Gasteiger partial charge is 0.507 e. The summed E-state index contributed by atoms with van der Waals surface area (Å²) in [6.07, 6.45) is 5.49. The van der Waals surface area contributed by atoms with Crippen LogP contribution in [0, 0.1) is 0 Å². The molecule has 0 fully saturated rings. The highest BCUT2D eigenvalue weighted by atomic mass is 16.5. The van der Waals surface area contributed by atoms with Crippen LogP contribution in [-0.2, 0) is 13.1 Å². The standard InChI is InChI=1S/C14H19N3O2/c1-11(9-17-6-5-15-10-17)16-8-12-3-4-13(19-2)7-14(12)18/h3-7,10-11,16,18H,8-9H2,1-2H3. The van der Waals surface area contributed by atoms with E-state index in [0.717, 1.165) is 12.1 Å². The van der Waals surface area contributed by atoms with Gasteiger partial charge in [0, 0.05) is 43.2 Å². The Morgan fingerprint density at radius 3 is 2.95 bits per heavy atom. The molecule has 0 radical (unpaired) electrons. The van der Waals surface area contributed by atoms with Gasteiger partial charge in [-0.2, -0.15) is 0 Å². The zero-order valence-electron chi connectivity index (χ0n) is 11.2. The predicted molar refractivity (Wildman–Crippen MR) is 73.2 cm³/mol. The first-order valence-corrected chi connectivity index (χ1v) is 6.24. The Morgan fingerprint density at radius 1 is 1.47 bits per heavy atom. The summed E-state index contributed by atoms with van der Waals surface area (Å²) in [5.74, 6) is 0.911. The Kier molecular flexibility index (Phi) is 4.41. The molecule has 2 N–H and O–H groups in total. The maximum absolute atomic E-state index is 9.86. The lowest BCUT2D eigenvalue weighted by Gasteiger charge is -2.15. The van der Waals surface area contributed by atoms with E-state index >= 15 is 0 Å². The number of nitrogens with zero attached hydrogens (tertiary/aromatic N) is 2. The summed E-state index contributed by atoms with van der Waals surface area (Å²) < 4.78 is 7.07. The molecule has 1 aromatic carbocycles. The molecule has 0 bridgehead atoms. The highest BCUT2D eigenvalue weighted by Gasteiger charge is 2.06. The number of rotatable bonds is 6. The molecule has 1 aromatic heterocycles. The molecule has 0 aliphatic heterocycles. The molecular weight excluding hydrogens is 242 g/mol. The second-order valence-corrected chi connectivity index (χ2v) is 4.54. The molecule has 0 saturated heterocycles. The zero-order chi connectivity index (χ0) is 13.7. The van der Waals surface area contributed by atoms with Crippen LogP contribution in [0.4, 0.5) is 0 Å². The molecule has 0 amide bonds. The predicted octanol–water partition coefficient (Wildman–Crippen LogP) is 1.78. The fourth-order valence-electron chi connectivity index (χ4n) is 1.88. The topological polar surface area (TPSA) is 59.3 Å². The number of nitrogens with one attached hydrogen (secondary N) is 1. The minimum atomic E-state index is 0.252. The Bertz CT molecular complexity index is 511. The van der Waals surface area contributed by atoms with Crippen LogP contribution in [0.5, 0.6) is 11.5 Å². The van der Waals surface area contributed by atoms with Crippen LogP contribution in [0.1, 0.15) is 12.5 Å². The Balaban J connectivity index is 1.88. The van der Waals surface area contributed by atoms with E-state index in [0.29, 0.717) is 12.3 Å². The highest BCUT2D eigenvalue weighted by Crippen LogP contribution is 2.23. The molecule has 102 valence electrons. The van der Waals surface area contributed by atoms with Crippen molar-refractivity contribution in [1.29, 1.82) is 0 Å². The van der Waals surface area contributed by atoms with E-state index in [1.54, 1.807) is 25.7 Å². The van der Waals surface area contributed by atoms with Gasteiger partial charge < -0.3 is 19.7 Å². The average molecular weight is 261 g/mol. The van der Waals surface area contributed by atoms with E-state index in [2.05, 4.69) is 17.2 Å². The van der Waals surface area contributed by atoms with Gasteiger partial charge in [-0.1, -0.05) is 6.07 Å². The number of hydrogen-bond donors (Lipinski definition) is 2. The lowest BCUT2D eigenvalue weighted by molar-refractivity contribution is 0.404. The van der Waals surface area contributed by atoms with Crippen molar-refractivity contribution >= 4 is 0 Å². The summed E-state index contributed by atoms with van der Waals surface area (Å²) in [4.78, 5) is 4.01. The maximum atomic E-state index is 9.86. The van der Waals surface area contributed by atoms with Gasteiger partial charge in [0.2, 0.25) is 0 Å². The second kappa shape index (κ2) is 6.24. The van der Waals surface area contributed by atoms with Crippen molar-refractivity contribution in [2.75, 3.05) is 7.11 Å². The van der Waals surface area contributed by atoms with Crippen LogP contribution in [0.3, 0.4) is 0 Å². The van der Waals surface area contributed by atoms with E-state index < -0.39 is 0 Å². The van der Waals surface area contributed by atoms with Crippen LogP contribution in [0.2, 0.25) is 0 Å².